The summed E-state index contributed by atoms with van der Waals surface area (Å²) in [6.07, 6.45) is 7.14. The number of ketones is 4. The molecular weight excluding hydrogens is 697 g/mol. The van der Waals surface area contributed by atoms with E-state index in [0.717, 1.165) is 65.0 Å². The van der Waals surface area contributed by atoms with Gasteiger partial charge < -0.3 is 0 Å². The first-order chi connectivity index (χ1) is 23.8. The monoisotopic (exact) mass is 722 g/mol. The minimum Gasteiger partial charge on any atom is -0.285 e. The third-order valence-corrected chi connectivity index (χ3v) is 13.7. The van der Waals surface area contributed by atoms with Crippen molar-refractivity contribution in [3.8, 4) is 9.75 Å². The first-order valence-electron chi connectivity index (χ1n) is 16.3. The van der Waals surface area contributed by atoms with E-state index in [0.29, 0.717) is 12.1 Å². The molecule has 5 aliphatic rings. The van der Waals surface area contributed by atoms with Crippen LogP contribution >= 0.6 is 22.7 Å². The van der Waals surface area contributed by atoms with E-state index in [-0.39, 0.29) is 27.8 Å². The fourth-order valence-electron chi connectivity index (χ4n) is 8.71. The second kappa shape index (κ2) is 9.74. The fraction of sp³-hybridized carbons (Fsp3) is 0.220. The number of carbonyl (C=O) groups is 4. The third-order valence-electron chi connectivity index (χ3n) is 11.2. The van der Waals surface area contributed by atoms with Gasteiger partial charge in [0.15, 0.2) is 0 Å². The fourth-order valence-corrected chi connectivity index (χ4v) is 12.0. The van der Waals surface area contributed by atoms with Crippen molar-refractivity contribution in [3.63, 3.8) is 0 Å². The van der Waals surface area contributed by atoms with Crippen molar-refractivity contribution in [1.82, 2.24) is 0 Å². The minimum atomic E-state index is -1.06. The number of hydrogen-bond acceptors (Lipinski definition) is 6. The highest BCUT2D eigenvalue weighted by atomic mass is 32.1. The van der Waals surface area contributed by atoms with Gasteiger partial charge in [0.2, 0.25) is 23.1 Å². The standard InChI is InChI=1S/C41H26F4O4S2/c1-39(2)15(7-20-19-11-17(42)14-24(45)28(19)36(49)33(20)46)9-25-29(39)31-37(50-25)38-32(41(31,5)6)30-26(51-38)10-16(40(30,3)4)8-21-27-22(35(48)34(21)47)12-18(43)13-23(27)44/h7-14H,1-6H3/b20-7-,21-8-. The summed E-state index contributed by atoms with van der Waals surface area (Å²) in [6, 6.07) is 3.22. The van der Waals surface area contributed by atoms with Crippen LogP contribution in [-0.4, -0.2) is 23.1 Å². The molecule has 0 fully saturated rings. The lowest BCUT2D eigenvalue weighted by molar-refractivity contribution is -0.110. The first kappa shape index (κ1) is 32.1. The van der Waals surface area contributed by atoms with Crippen molar-refractivity contribution < 1.29 is 36.7 Å². The van der Waals surface area contributed by atoms with Crippen LogP contribution in [0.5, 0.6) is 0 Å². The smallest absolute Gasteiger partial charge is 0.237 e. The molecule has 0 saturated heterocycles. The Bertz CT molecular complexity index is 2620. The summed E-state index contributed by atoms with van der Waals surface area (Å²) in [5, 5.41) is 0. The van der Waals surface area contributed by atoms with Crippen molar-refractivity contribution in [3.05, 3.63) is 125 Å². The van der Waals surface area contributed by atoms with Gasteiger partial charge in [-0.05, 0) is 69.8 Å². The number of fused-ring (bicyclic) bond motifs is 9. The molecule has 2 aromatic heterocycles. The Kier molecular flexibility index (Phi) is 6.14. The van der Waals surface area contributed by atoms with Gasteiger partial charge in [-0.3, -0.25) is 19.2 Å². The molecule has 10 heteroatoms. The molecule has 4 aromatic rings. The number of Topliss-reactive ketones (excluding diaryl/α,β-unsaturated/α-hetero) is 4. The zero-order valence-corrected chi connectivity index (χ0v) is 29.7. The van der Waals surface area contributed by atoms with E-state index in [2.05, 4.69) is 13.8 Å². The average molecular weight is 723 g/mol. The Morgan fingerprint density at radius 1 is 0.510 bits per heavy atom. The summed E-state index contributed by atoms with van der Waals surface area (Å²) in [6.45, 7) is 12.5. The summed E-state index contributed by atoms with van der Waals surface area (Å²) in [5.41, 5.74) is 3.16. The number of carbonyl (C=O) groups excluding carboxylic acids is 4. The molecule has 0 bridgehead atoms. The molecule has 0 aliphatic heterocycles. The van der Waals surface area contributed by atoms with Crippen LogP contribution in [0.4, 0.5) is 17.6 Å². The Hall–Kier alpha value is -4.80. The SMILES string of the molecule is CC1(C)C(/C=C2\C(=O)C(=O)c3c(F)cc(F)cc32)=Cc2sc3c(c21)C(C)(C)c1c-3sc2c1C(C)(C)C(/C=C1\C(=O)C(=O)c3cc(F)cc(F)c31)=C2. The zero-order valence-electron chi connectivity index (χ0n) is 28.1. The van der Waals surface area contributed by atoms with E-state index in [1.165, 1.54) is 0 Å². The number of allylic oxidation sites excluding steroid dienone is 6. The van der Waals surface area contributed by atoms with Gasteiger partial charge in [-0.1, -0.05) is 41.5 Å². The second-order valence-corrected chi connectivity index (χ2v) is 17.3. The van der Waals surface area contributed by atoms with Gasteiger partial charge in [0.25, 0.3) is 0 Å². The molecule has 0 radical (unpaired) electrons. The molecular formula is C41H26F4O4S2. The molecule has 5 aliphatic carbocycles. The maximum absolute atomic E-state index is 15.0. The van der Waals surface area contributed by atoms with Crippen molar-refractivity contribution in [2.45, 2.75) is 57.8 Å². The van der Waals surface area contributed by atoms with Gasteiger partial charge in [0, 0.05) is 75.7 Å². The second-order valence-electron chi connectivity index (χ2n) is 15.2. The van der Waals surface area contributed by atoms with Crippen LogP contribution in [0.15, 0.2) is 47.6 Å². The van der Waals surface area contributed by atoms with Gasteiger partial charge >= 0.3 is 0 Å². The summed E-state index contributed by atoms with van der Waals surface area (Å²) >= 11 is 3.27. The van der Waals surface area contributed by atoms with Crippen molar-refractivity contribution in [2.24, 2.45) is 0 Å². The van der Waals surface area contributed by atoms with E-state index in [1.54, 1.807) is 34.8 Å². The van der Waals surface area contributed by atoms with Gasteiger partial charge in [-0.15, -0.1) is 22.7 Å². The molecule has 0 spiro atoms. The quantitative estimate of drug-likeness (QED) is 0.117. The Morgan fingerprint density at radius 2 is 0.961 bits per heavy atom. The lowest BCUT2D eigenvalue weighted by atomic mass is 9.70. The molecule has 9 rings (SSSR count). The Balaban J connectivity index is 1.14. The summed E-state index contributed by atoms with van der Waals surface area (Å²) < 4.78 is 57.8. The first-order valence-corrected chi connectivity index (χ1v) is 17.9. The van der Waals surface area contributed by atoms with Gasteiger partial charge in [-0.25, -0.2) is 17.6 Å². The minimum absolute atomic E-state index is 0.0275. The topological polar surface area (TPSA) is 68.3 Å². The number of rotatable bonds is 2. The largest absolute Gasteiger partial charge is 0.285 e. The lowest BCUT2D eigenvalue weighted by Gasteiger charge is -2.32. The van der Waals surface area contributed by atoms with Gasteiger partial charge in [-0.2, -0.15) is 0 Å². The van der Waals surface area contributed by atoms with E-state index < -0.39 is 68.2 Å². The van der Waals surface area contributed by atoms with E-state index in [9.17, 15) is 36.7 Å². The summed E-state index contributed by atoms with van der Waals surface area (Å²) in [4.78, 5) is 55.8. The Labute approximate surface area is 297 Å². The maximum atomic E-state index is 15.0. The van der Waals surface area contributed by atoms with Crippen LogP contribution < -0.4 is 0 Å². The average Bonchev–Trinajstić information content (AvgIpc) is 3.84. The highest BCUT2D eigenvalue weighted by Crippen LogP contribution is 2.66. The highest BCUT2D eigenvalue weighted by Gasteiger charge is 2.52. The molecule has 0 saturated carbocycles. The predicted molar refractivity (Wildman–Crippen MR) is 189 cm³/mol. The highest BCUT2D eigenvalue weighted by molar-refractivity contribution is 7.23. The van der Waals surface area contributed by atoms with Crippen molar-refractivity contribution >= 4 is 69.1 Å². The number of halogens is 4. The molecule has 0 N–H and O–H groups in total. The van der Waals surface area contributed by atoms with Crippen LogP contribution in [-0.2, 0) is 25.8 Å². The Morgan fingerprint density at radius 3 is 1.49 bits per heavy atom. The summed E-state index contributed by atoms with van der Waals surface area (Å²) in [7, 11) is 0. The molecule has 51 heavy (non-hydrogen) atoms. The van der Waals surface area contributed by atoms with E-state index >= 15 is 0 Å². The number of hydrogen-bond donors (Lipinski definition) is 0. The van der Waals surface area contributed by atoms with E-state index in [1.807, 2.05) is 39.8 Å². The molecule has 4 nitrogen and oxygen atoms in total. The number of benzene rings is 2. The molecule has 254 valence electrons. The van der Waals surface area contributed by atoms with Crippen molar-refractivity contribution in [2.75, 3.05) is 0 Å². The third kappa shape index (κ3) is 3.89. The van der Waals surface area contributed by atoms with Crippen LogP contribution in [0.2, 0.25) is 0 Å². The van der Waals surface area contributed by atoms with E-state index in [4.69, 9.17) is 0 Å². The lowest BCUT2D eigenvalue weighted by Crippen LogP contribution is -2.27. The van der Waals surface area contributed by atoms with Crippen molar-refractivity contribution in [1.29, 1.82) is 0 Å². The predicted octanol–water partition coefficient (Wildman–Crippen LogP) is 9.72. The van der Waals surface area contributed by atoms with Gasteiger partial charge in [0.1, 0.15) is 23.3 Å². The number of thiophene rings is 2. The normalized spacial score (nSPS) is 21.3. The van der Waals surface area contributed by atoms with Crippen LogP contribution in [0.25, 0.3) is 33.1 Å². The van der Waals surface area contributed by atoms with Gasteiger partial charge in [0.05, 0.1) is 5.56 Å². The molecule has 2 heterocycles. The van der Waals surface area contributed by atoms with Crippen LogP contribution in [0.3, 0.4) is 0 Å². The molecule has 0 unspecified atom stereocenters. The zero-order chi connectivity index (χ0) is 36.4. The molecule has 0 atom stereocenters. The molecule has 2 aromatic carbocycles. The summed E-state index contributed by atoms with van der Waals surface area (Å²) in [5.74, 6) is -7.47. The molecule has 0 amide bonds. The van der Waals surface area contributed by atoms with Crippen LogP contribution in [0, 0.1) is 23.3 Å². The van der Waals surface area contributed by atoms with Crippen LogP contribution in [0.1, 0.15) is 105 Å². The maximum Gasteiger partial charge on any atom is 0.237 e.